The van der Waals surface area contributed by atoms with Crippen LogP contribution in [0.1, 0.15) is 0 Å². The molecule has 0 unspecified atom stereocenters. The molecule has 0 amide bonds. The molecule has 2 heterocycles. The van der Waals surface area contributed by atoms with Crippen molar-refractivity contribution < 1.29 is 4.42 Å². The van der Waals surface area contributed by atoms with Crippen LogP contribution in [0.25, 0.3) is 22.4 Å². The van der Waals surface area contributed by atoms with Crippen LogP contribution in [0, 0.1) is 0 Å². The lowest BCUT2D eigenvalue weighted by Crippen LogP contribution is -1.92. The topological polar surface area (TPSA) is 58.9 Å². The zero-order valence-electron chi connectivity index (χ0n) is 7.86. The number of fused-ring (bicyclic) bond motifs is 1. The van der Waals surface area contributed by atoms with E-state index in [0.29, 0.717) is 15.6 Å². The van der Waals surface area contributed by atoms with Crippen molar-refractivity contribution in [3.8, 4) is 11.3 Å². The first-order valence-electron chi connectivity index (χ1n) is 4.47. The van der Waals surface area contributed by atoms with Gasteiger partial charge in [0.2, 0.25) is 0 Å². The van der Waals surface area contributed by atoms with Crippen molar-refractivity contribution >= 4 is 34.0 Å². The number of aromatic nitrogens is 2. The molecule has 6 heteroatoms. The predicted octanol–water partition coefficient (Wildman–Crippen LogP) is 2.90. The molecule has 0 aliphatic carbocycles. The normalized spacial score (nSPS) is 11.1. The van der Waals surface area contributed by atoms with Crippen molar-refractivity contribution in [3.05, 3.63) is 38.6 Å². The number of benzene rings is 1. The van der Waals surface area contributed by atoms with E-state index in [1.54, 1.807) is 6.07 Å². The molecule has 0 bridgehead atoms. The van der Waals surface area contributed by atoms with Gasteiger partial charge in [-0.25, -0.2) is 9.78 Å². The minimum absolute atomic E-state index is 0.455. The summed E-state index contributed by atoms with van der Waals surface area (Å²) in [5, 5.41) is 1.86. The zero-order valence-corrected chi connectivity index (χ0v) is 9.43. The summed E-state index contributed by atoms with van der Waals surface area (Å²) in [7, 11) is 0. The van der Waals surface area contributed by atoms with Crippen LogP contribution in [0.3, 0.4) is 0 Å². The van der Waals surface area contributed by atoms with Crippen LogP contribution in [-0.4, -0.2) is 9.97 Å². The molecule has 0 radical (unpaired) electrons. The summed E-state index contributed by atoms with van der Waals surface area (Å²) in [6.45, 7) is 0. The molecular weight excluding hydrogens is 248 g/mol. The van der Waals surface area contributed by atoms with Crippen molar-refractivity contribution in [2.24, 2.45) is 0 Å². The van der Waals surface area contributed by atoms with Crippen LogP contribution < -0.4 is 5.76 Å². The Labute approximate surface area is 98.5 Å². The van der Waals surface area contributed by atoms with Gasteiger partial charge in [-0.3, -0.25) is 4.98 Å². The van der Waals surface area contributed by atoms with E-state index in [0.717, 1.165) is 11.3 Å². The average Bonchev–Trinajstić information content (AvgIpc) is 2.81. The van der Waals surface area contributed by atoms with Gasteiger partial charge in [-0.1, -0.05) is 11.6 Å². The van der Waals surface area contributed by atoms with Gasteiger partial charge in [-0.15, -0.1) is 11.3 Å². The maximum Gasteiger partial charge on any atom is 0.417 e. The van der Waals surface area contributed by atoms with E-state index in [4.69, 9.17) is 16.0 Å². The number of nitrogens with zero attached hydrogens (tertiary/aromatic N) is 1. The van der Waals surface area contributed by atoms with Crippen molar-refractivity contribution in [2.45, 2.75) is 0 Å². The standard InChI is InChI=1S/C10H5ClN2O2S/c11-9-12-7(4-16-9)5-1-2-8-6(3-5)13-10(14)15-8/h1-4H,(H,13,14). The van der Waals surface area contributed by atoms with Crippen molar-refractivity contribution in [3.63, 3.8) is 0 Å². The molecule has 0 atom stereocenters. The highest BCUT2D eigenvalue weighted by atomic mass is 35.5. The van der Waals surface area contributed by atoms with Crippen LogP contribution >= 0.6 is 22.9 Å². The van der Waals surface area contributed by atoms with Crippen molar-refractivity contribution in [1.29, 1.82) is 0 Å². The highest BCUT2D eigenvalue weighted by molar-refractivity contribution is 7.14. The summed E-state index contributed by atoms with van der Waals surface area (Å²) < 4.78 is 5.41. The molecule has 2 aromatic heterocycles. The largest absolute Gasteiger partial charge is 0.417 e. The van der Waals surface area contributed by atoms with Crippen LogP contribution in [-0.2, 0) is 0 Å². The highest BCUT2D eigenvalue weighted by Crippen LogP contribution is 2.26. The Bertz CT molecular complexity index is 713. The van der Waals surface area contributed by atoms with Gasteiger partial charge in [-0.05, 0) is 18.2 Å². The van der Waals surface area contributed by atoms with E-state index >= 15 is 0 Å². The predicted molar refractivity (Wildman–Crippen MR) is 63.0 cm³/mol. The lowest BCUT2D eigenvalue weighted by atomic mass is 10.1. The second kappa shape index (κ2) is 3.47. The van der Waals surface area contributed by atoms with E-state index < -0.39 is 5.76 Å². The van der Waals surface area contributed by atoms with E-state index in [9.17, 15) is 4.79 Å². The third-order valence-electron chi connectivity index (χ3n) is 2.19. The third-order valence-corrected chi connectivity index (χ3v) is 3.17. The first-order valence-corrected chi connectivity index (χ1v) is 5.72. The second-order valence-corrected chi connectivity index (χ2v) is 4.65. The molecule has 1 aromatic carbocycles. The van der Waals surface area contributed by atoms with E-state index in [1.807, 2.05) is 17.5 Å². The number of H-pyrrole nitrogens is 1. The maximum atomic E-state index is 11.0. The van der Waals surface area contributed by atoms with E-state index in [1.165, 1.54) is 11.3 Å². The average molecular weight is 253 g/mol. The van der Waals surface area contributed by atoms with Crippen LogP contribution in [0.2, 0.25) is 4.47 Å². The Kier molecular flexibility index (Phi) is 2.08. The van der Waals surface area contributed by atoms with Crippen molar-refractivity contribution in [1.82, 2.24) is 9.97 Å². The van der Waals surface area contributed by atoms with Gasteiger partial charge in [0.1, 0.15) is 0 Å². The SMILES string of the molecule is O=c1[nH]c2cc(-c3csc(Cl)n3)ccc2o1. The fourth-order valence-corrected chi connectivity index (χ4v) is 2.27. The molecule has 80 valence electrons. The summed E-state index contributed by atoms with van der Waals surface area (Å²) in [5.41, 5.74) is 2.88. The number of oxazole rings is 1. The first kappa shape index (κ1) is 9.62. The van der Waals surface area contributed by atoms with E-state index in [-0.39, 0.29) is 0 Å². The molecule has 0 saturated carbocycles. The molecule has 0 fully saturated rings. The molecule has 0 aliphatic heterocycles. The number of rotatable bonds is 1. The third kappa shape index (κ3) is 1.54. The minimum atomic E-state index is -0.455. The molecule has 1 N–H and O–H groups in total. The molecule has 0 saturated heterocycles. The molecule has 0 spiro atoms. The summed E-state index contributed by atoms with van der Waals surface area (Å²) in [6, 6.07) is 5.38. The lowest BCUT2D eigenvalue weighted by Gasteiger charge is -1.94. The smallest absolute Gasteiger partial charge is 0.408 e. The number of thiazole rings is 1. The number of hydrogen-bond acceptors (Lipinski definition) is 4. The Hall–Kier alpha value is -1.59. The maximum absolute atomic E-state index is 11.0. The van der Waals surface area contributed by atoms with Gasteiger partial charge in [0.25, 0.3) is 0 Å². The molecule has 3 rings (SSSR count). The fraction of sp³-hybridized carbons (Fsp3) is 0. The Balaban J connectivity index is 2.21. The Morgan fingerprint density at radius 3 is 3.06 bits per heavy atom. The lowest BCUT2D eigenvalue weighted by molar-refractivity contribution is 0.555. The Morgan fingerprint density at radius 1 is 1.44 bits per heavy atom. The van der Waals surface area contributed by atoms with Crippen molar-refractivity contribution in [2.75, 3.05) is 0 Å². The summed E-state index contributed by atoms with van der Waals surface area (Å²) >= 11 is 7.13. The molecule has 16 heavy (non-hydrogen) atoms. The fourth-order valence-electron chi connectivity index (χ4n) is 1.50. The van der Waals surface area contributed by atoms with Gasteiger partial charge >= 0.3 is 5.76 Å². The van der Waals surface area contributed by atoms with Gasteiger partial charge in [-0.2, -0.15) is 0 Å². The highest BCUT2D eigenvalue weighted by Gasteiger charge is 2.06. The summed E-state index contributed by atoms with van der Waals surface area (Å²) in [6.07, 6.45) is 0. The minimum Gasteiger partial charge on any atom is -0.408 e. The first-order chi connectivity index (χ1) is 7.72. The Morgan fingerprint density at radius 2 is 2.31 bits per heavy atom. The number of hydrogen-bond donors (Lipinski definition) is 1. The number of halogens is 1. The quantitative estimate of drug-likeness (QED) is 0.724. The van der Waals surface area contributed by atoms with Crippen LogP contribution in [0.5, 0.6) is 0 Å². The molecular formula is C10H5ClN2O2S. The summed E-state index contributed by atoms with van der Waals surface area (Å²) in [5.74, 6) is -0.455. The number of nitrogens with one attached hydrogen (secondary N) is 1. The van der Waals surface area contributed by atoms with Gasteiger partial charge < -0.3 is 4.42 Å². The van der Waals surface area contributed by atoms with E-state index in [2.05, 4.69) is 9.97 Å². The molecule has 4 nitrogen and oxygen atoms in total. The van der Waals surface area contributed by atoms with Crippen LogP contribution in [0.4, 0.5) is 0 Å². The second-order valence-electron chi connectivity index (χ2n) is 3.21. The summed E-state index contributed by atoms with van der Waals surface area (Å²) in [4.78, 5) is 17.7. The molecule has 3 aromatic rings. The van der Waals surface area contributed by atoms with Gasteiger partial charge in [0.15, 0.2) is 10.0 Å². The van der Waals surface area contributed by atoms with Crippen LogP contribution in [0.15, 0.2) is 32.8 Å². The number of aromatic amines is 1. The van der Waals surface area contributed by atoms with Gasteiger partial charge in [0.05, 0.1) is 11.2 Å². The monoisotopic (exact) mass is 252 g/mol. The molecule has 0 aliphatic rings. The van der Waals surface area contributed by atoms with Gasteiger partial charge in [0, 0.05) is 10.9 Å². The zero-order chi connectivity index (χ0) is 11.1.